The van der Waals surface area contributed by atoms with Gasteiger partial charge in [0.05, 0.1) is 125 Å². The highest BCUT2D eigenvalue weighted by molar-refractivity contribution is 6.29. The number of rotatable bonds is 37. The number of nitrogens with two attached hydrogens (primary N) is 2. The molecule has 3 aliphatic rings. The SMILES string of the molecule is NCCOCCOCCNc1ccc2c3c(cccc13)C(=O)N(CCOCCOCCN1C(=O)c3cccc4c(NCCOCCOCCNc5ccc6c7c(cccc57)C(=O)N(CCOCCOCCN)C6=O)ccc(c34)C1=O)C2=O. The maximum atomic E-state index is 13.7. The smallest absolute Gasteiger partial charge is 0.261 e. The lowest BCUT2D eigenvalue weighted by molar-refractivity contribution is 0.0264. The van der Waals surface area contributed by atoms with Gasteiger partial charge in [-0.1, -0.05) is 36.4 Å². The van der Waals surface area contributed by atoms with Crippen LogP contribution in [0, 0.1) is 0 Å². The number of hydrogen-bond donors (Lipinski definition) is 5. The number of carbonyl (C=O) groups is 6. The van der Waals surface area contributed by atoms with Crippen LogP contribution in [0.3, 0.4) is 0 Å². The lowest BCUT2D eigenvalue weighted by Gasteiger charge is -2.28. The zero-order valence-corrected chi connectivity index (χ0v) is 45.8. The molecule has 0 atom stereocenters. The molecule has 82 heavy (non-hydrogen) atoms. The highest BCUT2D eigenvalue weighted by Crippen LogP contribution is 2.37. The van der Waals surface area contributed by atoms with Crippen molar-refractivity contribution in [2.24, 2.45) is 11.5 Å². The molecule has 0 radical (unpaired) electrons. The van der Waals surface area contributed by atoms with Crippen molar-refractivity contribution in [1.82, 2.24) is 14.7 Å². The maximum absolute atomic E-state index is 13.7. The number of imide groups is 3. The summed E-state index contributed by atoms with van der Waals surface area (Å²) in [5.74, 6) is -2.33. The molecule has 0 spiro atoms. The molecule has 0 aliphatic carbocycles. The summed E-state index contributed by atoms with van der Waals surface area (Å²) >= 11 is 0. The molecule has 6 aromatic rings. The minimum Gasteiger partial charge on any atom is -0.382 e. The predicted molar refractivity (Wildman–Crippen MR) is 308 cm³/mol. The Morgan fingerprint density at radius 2 is 0.537 bits per heavy atom. The number of anilines is 3. The fraction of sp³-hybridized carbons (Fsp3) is 0.400. The molecule has 6 amide bonds. The van der Waals surface area contributed by atoms with Gasteiger partial charge in [0.1, 0.15) is 0 Å². The number of nitrogens with zero attached hydrogens (tertiary/aromatic N) is 3. The Hall–Kier alpha value is -7.48. The average Bonchev–Trinajstić information content (AvgIpc) is 3.51. The van der Waals surface area contributed by atoms with Crippen molar-refractivity contribution in [2.75, 3.05) is 174 Å². The Balaban J connectivity index is 0.649. The third kappa shape index (κ3) is 13.7. The molecule has 0 saturated heterocycles. The molecular weight excluding hydrogens is 1060 g/mol. The highest BCUT2D eigenvalue weighted by Gasteiger charge is 2.36. The molecule has 7 N–H and O–H groups in total. The van der Waals surface area contributed by atoms with Gasteiger partial charge in [-0.15, -0.1) is 0 Å². The molecule has 0 unspecified atom stereocenters. The van der Waals surface area contributed by atoms with Gasteiger partial charge in [-0.25, -0.2) is 0 Å². The molecule has 0 fully saturated rings. The minimum atomic E-state index is -0.412. The summed E-state index contributed by atoms with van der Waals surface area (Å²) in [5.41, 5.74) is 15.8. The second kappa shape index (κ2) is 29.5. The van der Waals surface area contributed by atoms with Crippen LogP contribution in [0.5, 0.6) is 0 Å². The number of hydrogen-bond acceptors (Lipinski definition) is 19. The Kier molecular flexibility index (Phi) is 21.3. The van der Waals surface area contributed by atoms with Gasteiger partial charge in [0.15, 0.2) is 0 Å². The van der Waals surface area contributed by atoms with Crippen LogP contribution in [0.1, 0.15) is 62.1 Å². The van der Waals surface area contributed by atoms with Crippen molar-refractivity contribution in [3.8, 4) is 0 Å². The topological polar surface area (TPSA) is 274 Å². The molecule has 0 aromatic heterocycles. The molecule has 22 nitrogen and oxygen atoms in total. The van der Waals surface area contributed by atoms with Gasteiger partial charge in [-0.2, -0.15) is 0 Å². The molecule has 3 heterocycles. The normalized spacial score (nSPS) is 13.9. The van der Waals surface area contributed by atoms with Crippen molar-refractivity contribution < 1.29 is 66.7 Å². The predicted octanol–water partition coefficient (Wildman–Crippen LogP) is 4.62. The van der Waals surface area contributed by atoms with Crippen molar-refractivity contribution in [3.05, 3.63) is 124 Å². The third-order valence-electron chi connectivity index (χ3n) is 14.1. The van der Waals surface area contributed by atoms with Crippen LogP contribution >= 0.6 is 0 Å². The molecule has 434 valence electrons. The van der Waals surface area contributed by atoms with Gasteiger partial charge >= 0.3 is 0 Å². The molecule has 22 heteroatoms. The van der Waals surface area contributed by atoms with E-state index in [4.69, 9.17) is 49.4 Å². The summed E-state index contributed by atoms with van der Waals surface area (Å²) in [4.78, 5) is 85.1. The van der Waals surface area contributed by atoms with Crippen LogP contribution in [0.15, 0.2) is 91.0 Å². The lowest BCUT2D eigenvalue weighted by atomic mass is 9.93. The van der Waals surface area contributed by atoms with Gasteiger partial charge in [0, 0.05) is 115 Å². The summed E-state index contributed by atoms with van der Waals surface area (Å²) in [7, 11) is 0. The molecule has 6 aromatic carbocycles. The zero-order valence-electron chi connectivity index (χ0n) is 45.8. The summed E-state index contributed by atoms with van der Waals surface area (Å²) in [6.07, 6.45) is 0. The first kappa shape index (κ1) is 59.2. The molecule has 0 saturated carbocycles. The van der Waals surface area contributed by atoms with Crippen LogP contribution in [-0.2, 0) is 37.9 Å². The number of amides is 6. The molecular formula is C60H70N8O14. The minimum absolute atomic E-state index is 0.0339. The van der Waals surface area contributed by atoms with Gasteiger partial charge in [-0.3, -0.25) is 43.5 Å². The van der Waals surface area contributed by atoms with E-state index in [1.807, 2.05) is 42.5 Å². The van der Waals surface area contributed by atoms with Crippen LogP contribution in [0.25, 0.3) is 32.3 Å². The number of benzene rings is 6. The highest BCUT2D eigenvalue weighted by atomic mass is 16.5. The van der Waals surface area contributed by atoms with Crippen molar-refractivity contribution in [3.63, 3.8) is 0 Å². The second-order valence-electron chi connectivity index (χ2n) is 19.2. The van der Waals surface area contributed by atoms with Gasteiger partial charge in [-0.05, 0) is 54.6 Å². The third-order valence-corrected chi connectivity index (χ3v) is 14.1. The fourth-order valence-corrected chi connectivity index (χ4v) is 10.2. The summed E-state index contributed by atoms with van der Waals surface area (Å²) in [6, 6.07) is 26.9. The first-order valence-corrected chi connectivity index (χ1v) is 27.7. The van der Waals surface area contributed by atoms with E-state index in [0.29, 0.717) is 155 Å². The van der Waals surface area contributed by atoms with Crippen LogP contribution in [0.4, 0.5) is 17.1 Å². The quantitative estimate of drug-likeness (QED) is 0.0263. The first-order chi connectivity index (χ1) is 40.2. The summed E-state index contributed by atoms with van der Waals surface area (Å²) in [6.45, 7) is 7.77. The van der Waals surface area contributed by atoms with Crippen molar-refractivity contribution in [2.45, 2.75) is 0 Å². The Morgan fingerprint density at radius 3 is 0.805 bits per heavy atom. The molecule has 0 bridgehead atoms. The van der Waals surface area contributed by atoms with E-state index in [9.17, 15) is 28.8 Å². The summed E-state index contributed by atoms with van der Waals surface area (Å²) < 4.78 is 45.0. The standard InChI is InChI=1S/C60H70N8O14/c61-16-24-75-32-34-77-26-18-63-49-13-10-47-52-40(49)4-1-8-44(52)56(70)67(59(47)73)22-30-81-38-39-82-31-23-68-57(71)45-9-3-6-42-51(15-12-48(54(42)45)60(68)74)65-20-28-79-36-35-78-27-19-64-50-14-11-46-53-41(50)5-2-7-43(53)55(69)66(58(46)72)21-29-80-37-33-76-25-17-62/h1-15,63-65H,16-39,61-62H2. The summed E-state index contributed by atoms with van der Waals surface area (Å²) in [5, 5.41) is 14.2. The van der Waals surface area contributed by atoms with E-state index in [1.165, 1.54) is 14.7 Å². The molecule has 3 aliphatic heterocycles. The number of nitrogens with one attached hydrogen (secondary N) is 3. The van der Waals surface area contributed by atoms with Gasteiger partial charge in [0.25, 0.3) is 35.4 Å². The van der Waals surface area contributed by atoms with Crippen molar-refractivity contribution >= 4 is 84.8 Å². The van der Waals surface area contributed by atoms with E-state index in [2.05, 4.69) is 16.0 Å². The van der Waals surface area contributed by atoms with E-state index < -0.39 is 23.6 Å². The van der Waals surface area contributed by atoms with Crippen molar-refractivity contribution in [1.29, 1.82) is 0 Å². The van der Waals surface area contributed by atoms with Crippen LogP contribution in [-0.4, -0.2) is 208 Å². The fourth-order valence-electron chi connectivity index (χ4n) is 10.2. The number of ether oxygens (including phenoxy) is 8. The van der Waals surface area contributed by atoms with Gasteiger partial charge < -0.3 is 65.3 Å². The van der Waals surface area contributed by atoms with E-state index in [0.717, 1.165) is 33.2 Å². The Bertz CT molecular complexity index is 3200. The first-order valence-electron chi connectivity index (χ1n) is 27.7. The lowest BCUT2D eigenvalue weighted by Crippen LogP contribution is -2.42. The monoisotopic (exact) mass is 1130 g/mol. The zero-order chi connectivity index (χ0) is 57.2. The number of carbonyl (C=O) groups excluding carboxylic acids is 6. The van der Waals surface area contributed by atoms with E-state index >= 15 is 0 Å². The van der Waals surface area contributed by atoms with Crippen LogP contribution in [0.2, 0.25) is 0 Å². The second-order valence-corrected chi connectivity index (χ2v) is 19.2. The van der Waals surface area contributed by atoms with Gasteiger partial charge in [0.2, 0.25) is 0 Å². The Morgan fingerprint density at radius 1 is 0.293 bits per heavy atom. The Labute approximate surface area is 474 Å². The van der Waals surface area contributed by atoms with Crippen LogP contribution < -0.4 is 27.4 Å². The maximum Gasteiger partial charge on any atom is 0.261 e. The largest absolute Gasteiger partial charge is 0.382 e. The van der Waals surface area contributed by atoms with E-state index in [1.54, 1.807) is 48.5 Å². The van der Waals surface area contributed by atoms with E-state index in [-0.39, 0.29) is 64.5 Å². The average molecular weight is 1130 g/mol. The molecule has 9 rings (SSSR count).